The third-order valence-electron chi connectivity index (χ3n) is 5.51. The number of benzene rings is 2. The molecule has 3 nitrogen and oxygen atoms in total. The Morgan fingerprint density at radius 2 is 2.11 bits per heavy atom. The largest absolute Gasteiger partial charge is 0.464 e. The molecule has 0 bridgehead atoms. The summed E-state index contributed by atoms with van der Waals surface area (Å²) in [5.41, 5.74) is 4.12. The van der Waals surface area contributed by atoms with E-state index in [9.17, 15) is 5.26 Å². The van der Waals surface area contributed by atoms with Gasteiger partial charge in [-0.3, -0.25) is 0 Å². The van der Waals surface area contributed by atoms with E-state index in [-0.39, 0.29) is 0 Å². The van der Waals surface area contributed by atoms with Gasteiger partial charge in [-0.2, -0.15) is 5.26 Å². The van der Waals surface area contributed by atoms with Crippen LogP contribution in [0.1, 0.15) is 30.9 Å². The fourth-order valence-corrected chi connectivity index (χ4v) is 4.63. The lowest BCUT2D eigenvalue weighted by Crippen LogP contribution is -2.29. The maximum Gasteiger partial charge on any atom is 0.133 e. The second kappa shape index (κ2) is 7.56. The molecule has 1 saturated heterocycles. The third kappa shape index (κ3) is 3.46. The molecule has 0 saturated carbocycles. The van der Waals surface area contributed by atoms with Crippen LogP contribution in [0.15, 0.2) is 41.0 Å². The van der Waals surface area contributed by atoms with Crippen molar-refractivity contribution in [2.45, 2.75) is 32.2 Å². The van der Waals surface area contributed by atoms with Crippen molar-refractivity contribution >= 4 is 34.2 Å². The summed E-state index contributed by atoms with van der Waals surface area (Å²) < 4.78 is 5.45. The molecule has 1 aliphatic heterocycles. The average molecular weight is 399 g/mol. The van der Waals surface area contributed by atoms with Crippen molar-refractivity contribution in [3.8, 4) is 17.2 Å². The van der Waals surface area contributed by atoms with Crippen molar-refractivity contribution < 1.29 is 4.42 Å². The molecule has 1 atom stereocenters. The first-order valence-corrected chi connectivity index (χ1v) is 9.96. The number of nitriles is 1. The first-order chi connectivity index (χ1) is 13.1. The summed E-state index contributed by atoms with van der Waals surface area (Å²) in [5.74, 6) is 0. The highest BCUT2D eigenvalue weighted by Crippen LogP contribution is 2.39. The summed E-state index contributed by atoms with van der Waals surface area (Å²) in [5, 5.41) is 11.5. The van der Waals surface area contributed by atoms with Gasteiger partial charge in [0.2, 0.25) is 0 Å². The van der Waals surface area contributed by atoms with Gasteiger partial charge < -0.3 is 9.32 Å². The molecular weight excluding hydrogens is 379 g/mol. The van der Waals surface area contributed by atoms with Crippen LogP contribution in [-0.4, -0.2) is 24.0 Å². The number of likely N-dealkylation sites (tertiary alicyclic amines) is 1. The van der Waals surface area contributed by atoms with Gasteiger partial charge in [0.1, 0.15) is 11.7 Å². The second-order valence-electron chi connectivity index (χ2n) is 7.14. The van der Waals surface area contributed by atoms with Gasteiger partial charge in [-0.15, -0.1) is 0 Å². The molecule has 2 aromatic carbocycles. The number of hydrogen-bond donors (Lipinski definition) is 0. The Kier molecular flexibility index (Phi) is 5.14. The van der Waals surface area contributed by atoms with Gasteiger partial charge in [0.05, 0.1) is 21.9 Å². The summed E-state index contributed by atoms with van der Waals surface area (Å²) >= 11 is 13.3. The summed E-state index contributed by atoms with van der Waals surface area (Å²) in [4.78, 5) is 2.48. The summed E-state index contributed by atoms with van der Waals surface area (Å²) in [6.45, 7) is 4.29. The van der Waals surface area contributed by atoms with Crippen molar-refractivity contribution in [2.75, 3.05) is 13.1 Å². The van der Waals surface area contributed by atoms with Gasteiger partial charge in [-0.1, -0.05) is 29.3 Å². The normalized spacial score (nSPS) is 17.5. The maximum absolute atomic E-state index is 9.45. The lowest BCUT2D eigenvalue weighted by molar-refractivity contribution is 0.272. The van der Waals surface area contributed by atoms with Crippen molar-refractivity contribution in [2.24, 2.45) is 0 Å². The number of halogens is 2. The monoisotopic (exact) mass is 398 g/mol. The molecule has 138 valence electrons. The molecule has 0 radical (unpaired) electrons. The van der Waals surface area contributed by atoms with Crippen molar-refractivity contribution in [1.82, 2.24) is 4.90 Å². The van der Waals surface area contributed by atoms with Crippen molar-refractivity contribution in [1.29, 1.82) is 5.26 Å². The Balaban J connectivity index is 1.79. The fourth-order valence-electron chi connectivity index (χ4n) is 4.01. The highest BCUT2D eigenvalue weighted by molar-refractivity contribution is 6.37. The van der Waals surface area contributed by atoms with Crippen LogP contribution in [0.2, 0.25) is 10.0 Å². The number of furan rings is 1. The minimum atomic E-state index is 0.430. The summed E-state index contributed by atoms with van der Waals surface area (Å²) in [6, 6.07) is 12.4. The first kappa shape index (κ1) is 18.4. The van der Waals surface area contributed by atoms with Crippen LogP contribution in [0.4, 0.5) is 0 Å². The van der Waals surface area contributed by atoms with Crippen LogP contribution in [0.3, 0.4) is 0 Å². The van der Waals surface area contributed by atoms with Gasteiger partial charge in [0, 0.05) is 23.5 Å². The topological polar surface area (TPSA) is 40.2 Å². The lowest BCUT2D eigenvalue weighted by Gasteiger charge is -2.23. The Labute approximate surface area is 169 Å². The molecule has 4 rings (SSSR count). The van der Waals surface area contributed by atoms with Crippen LogP contribution >= 0.6 is 23.2 Å². The van der Waals surface area contributed by atoms with Crippen LogP contribution in [-0.2, 0) is 6.42 Å². The minimum absolute atomic E-state index is 0.430. The molecule has 0 aliphatic carbocycles. The van der Waals surface area contributed by atoms with Crippen LogP contribution in [0.25, 0.3) is 22.1 Å². The van der Waals surface area contributed by atoms with Crippen LogP contribution in [0, 0.1) is 11.3 Å². The minimum Gasteiger partial charge on any atom is -0.464 e. The number of fused-ring (bicyclic) bond motifs is 1. The molecule has 2 heterocycles. The molecule has 1 fully saturated rings. The molecule has 1 aliphatic rings. The zero-order chi connectivity index (χ0) is 19.0. The van der Waals surface area contributed by atoms with E-state index in [2.05, 4.69) is 24.0 Å². The van der Waals surface area contributed by atoms with Gasteiger partial charge >= 0.3 is 0 Å². The summed E-state index contributed by atoms with van der Waals surface area (Å²) in [7, 11) is 0. The van der Waals surface area contributed by atoms with Gasteiger partial charge in [-0.25, -0.2) is 0 Å². The Morgan fingerprint density at radius 3 is 2.85 bits per heavy atom. The SMILES string of the molecule is C[C@@H]1CCCN1CCc1c(Cl)c(C#N)cc(Cl)c1-c1ccc2occc2c1. The van der Waals surface area contributed by atoms with E-state index in [1.54, 1.807) is 12.3 Å². The Morgan fingerprint density at radius 1 is 1.26 bits per heavy atom. The van der Waals surface area contributed by atoms with E-state index in [0.29, 0.717) is 21.7 Å². The molecule has 3 aromatic rings. The quantitative estimate of drug-likeness (QED) is 0.517. The van der Waals surface area contributed by atoms with Gasteiger partial charge in [0.25, 0.3) is 0 Å². The van der Waals surface area contributed by atoms with E-state index in [1.165, 1.54) is 12.8 Å². The molecule has 5 heteroatoms. The standard InChI is InChI=1S/C22H20Cl2N2O/c1-14-3-2-8-26(14)9-6-18-21(19(23)12-17(13-25)22(18)24)16-4-5-20-15(11-16)7-10-27-20/h4-5,7,10-12,14H,2-3,6,8-9H2,1H3/t14-/m1/s1. The fraction of sp³-hybridized carbons (Fsp3) is 0.318. The van der Waals surface area contributed by atoms with Gasteiger partial charge in [-0.05, 0) is 68.1 Å². The zero-order valence-electron chi connectivity index (χ0n) is 15.1. The molecule has 27 heavy (non-hydrogen) atoms. The summed E-state index contributed by atoms with van der Waals surface area (Å²) in [6.07, 6.45) is 4.91. The van der Waals surface area contributed by atoms with Crippen molar-refractivity contribution in [3.63, 3.8) is 0 Å². The first-order valence-electron chi connectivity index (χ1n) is 9.21. The molecule has 0 amide bonds. The third-order valence-corrected chi connectivity index (χ3v) is 6.24. The van der Waals surface area contributed by atoms with E-state index in [1.807, 2.05) is 18.2 Å². The Hall–Kier alpha value is -1.99. The number of hydrogen-bond acceptors (Lipinski definition) is 3. The van der Waals surface area contributed by atoms with Gasteiger partial charge in [0.15, 0.2) is 0 Å². The molecule has 0 N–H and O–H groups in total. The van der Waals surface area contributed by atoms with E-state index in [4.69, 9.17) is 27.6 Å². The second-order valence-corrected chi connectivity index (χ2v) is 7.92. The average Bonchev–Trinajstić information content (AvgIpc) is 3.29. The highest BCUT2D eigenvalue weighted by atomic mass is 35.5. The van der Waals surface area contributed by atoms with E-state index >= 15 is 0 Å². The predicted octanol–water partition coefficient (Wildman–Crippen LogP) is 6.31. The highest BCUT2D eigenvalue weighted by Gasteiger charge is 2.23. The van der Waals surface area contributed by atoms with E-state index < -0.39 is 0 Å². The number of rotatable bonds is 4. The van der Waals surface area contributed by atoms with Crippen LogP contribution < -0.4 is 0 Å². The lowest BCUT2D eigenvalue weighted by atomic mass is 9.94. The number of nitrogens with zero attached hydrogens (tertiary/aromatic N) is 2. The maximum atomic E-state index is 9.45. The van der Waals surface area contributed by atoms with E-state index in [0.717, 1.165) is 47.2 Å². The molecule has 1 aromatic heterocycles. The van der Waals surface area contributed by atoms with Crippen molar-refractivity contribution in [3.05, 3.63) is 57.8 Å². The Bertz CT molecular complexity index is 1030. The van der Waals surface area contributed by atoms with Crippen LogP contribution in [0.5, 0.6) is 0 Å². The molecule has 0 spiro atoms. The molecule has 0 unspecified atom stereocenters. The zero-order valence-corrected chi connectivity index (χ0v) is 16.6. The molecular formula is C22H20Cl2N2O. The smallest absolute Gasteiger partial charge is 0.133 e. The predicted molar refractivity (Wildman–Crippen MR) is 110 cm³/mol.